The molecule has 3 heteroatoms. The molecule has 1 unspecified atom stereocenters. The van der Waals surface area contributed by atoms with Gasteiger partial charge in [-0.15, -0.1) is 6.42 Å². The van der Waals surface area contributed by atoms with E-state index in [0.717, 1.165) is 16.7 Å². The Labute approximate surface area is 143 Å². The van der Waals surface area contributed by atoms with E-state index in [1.54, 1.807) is 6.92 Å². The maximum atomic E-state index is 11.9. The summed E-state index contributed by atoms with van der Waals surface area (Å²) in [6.45, 7) is 5.55. The molecular weight excluding hydrogens is 298 g/mol. The smallest absolute Gasteiger partial charge is 0.322 e. The first-order chi connectivity index (χ1) is 11.4. The molecule has 0 bridgehead atoms. The highest BCUT2D eigenvalue weighted by atomic mass is 16.5. The van der Waals surface area contributed by atoms with Crippen LogP contribution in [-0.4, -0.2) is 18.1 Å². The van der Waals surface area contributed by atoms with Crippen molar-refractivity contribution >= 4 is 5.97 Å². The third-order valence-corrected chi connectivity index (χ3v) is 4.02. The number of ether oxygens (including phenoxy) is 1. The Hall–Kier alpha value is -2.57. The number of carbonyl (C=O) groups is 1. The van der Waals surface area contributed by atoms with E-state index < -0.39 is 12.0 Å². The van der Waals surface area contributed by atoms with Crippen LogP contribution in [0.1, 0.15) is 42.0 Å². The van der Waals surface area contributed by atoms with Gasteiger partial charge in [0.15, 0.2) is 0 Å². The Morgan fingerprint density at radius 2 is 1.54 bits per heavy atom. The van der Waals surface area contributed by atoms with Crippen LogP contribution in [0.3, 0.4) is 0 Å². The average molecular weight is 321 g/mol. The summed E-state index contributed by atoms with van der Waals surface area (Å²) in [7, 11) is 0. The first kappa shape index (κ1) is 17.8. The summed E-state index contributed by atoms with van der Waals surface area (Å²) in [4.78, 5) is 11.9. The summed E-state index contributed by atoms with van der Waals surface area (Å²) < 4.78 is 5.57. The van der Waals surface area contributed by atoms with Gasteiger partial charge in [0.05, 0.1) is 0 Å². The second-order valence-electron chi connectivity index (χ2n) is 6.09. The largest absolute Gasteiger partial charge is 0.461 e. The predicted octanol–water partition coefficient (Wildman–Crippen LogP) is 3.39. The van der Waals surface area contributed by atoms with E-state index in [-0.39, 0.29) is 12.0 Å². The Kier molecular flexibility index (Phi) is 5.78. The molecule has 24 heavy (non-hydrogen) atoms. The van der Waals surface area contributed by atoms with E-state index in [1.807, 2.05) is 38.1 Å². The second-order valence-corrected chi connectivity index (χ2v) is 6.09. The van der Waals surface area contributed by atoms with Gasteiger partial charge in [-0.25, -0.2) is 0 Å². The zero-order valence-corrected chi connectivity index (χ0v) is 14.3. The number of aryl methyl sites for hydroxylation is 1. The van der Waals surface area contributed by atoms with Crippen molar-refractivity contribution in [2.75, 3.05) is 0 Å². The van der Waals surface area contributed by atoms with Crippen molar-refractivity contribution in [3.05, 3.63) is 70.8 Å². The monoisotopic (exact) mass is 321 g/mol. The van der Waals surface area contributed by atoms with Crippen molar-refractivity contribution < 1.29 is 9.53 Å². The van der Waals surface area contributed by atoms with Crippen molar-refractivity contribution in [2.45, 2.75) is 38.8 Å². The van der Waals surface area contributed by atoms with Crippen LogP contribution in [0.15, 0.2) is 48.5 Å². The second kappa shape index (κ2) is 7.81. The molecule has 0 saturated carbocycles. The number of rotatable bonds is 5. The summed E-state index contributed by atoms with van der Waals surface area (Å²) in [6.07, 6.45) is 5.08. The van der Waals surface area contributed by atoms with Crippen molar-refractivity contribution in [1.29, 1.82) is 0 Å². The van der Waals surface area contributed by atoms with Crippen molar-refractivity contribution in [3.63, 3.8) is 0 Å². The molecule has 0 aliphatic heterocycles. The van der Waals surface area contributed by atoms with Crippen LogP contribution in [0.5, 0.6) is 0 Å². The fraction of sp³-hybridized carbons (Fsp3) is 0.286. The lowest BCUT2D eigenvalue weighted by molar-refractivity contribution is -0.149. The van der Waals surface area contributed by atoms with Crippen LogP contribution < -0.4 is 5.73 Å². The van der Waals surface area contributed by atoms with Crippen molar-refractivity contribution in [1.82, 2.24) is 0 Å². The van der Waals surface area contributed by atoms with Gasteiger partial charge in [0.25, 0.3) is 0 Å². The van der Waals surface area contributed by atoms with Gasteiger partial charge in [-0.05, 0) is 44.0 Å². The van der Waals surface area contributed by atoms with Crippen LogP contribution in [0, 0.1) is 19.3 Å². The third-order valence-electron chi connectivity index (χ3n) is 4.02. The molecular formula is C21H23NO2. The van der Waals surface area contributed by atoms with Gasteiger partial charge < -0.3 is 10.5 Å². The molecule has 3 nitrogen and oxygen atoms in total. The zero-order chi connectivity index (χ0) is 17.7. The number of carbonyl (C=O) groups excluding carboxylic acids is 1. The molecule has 2 aromatic rings. The van der Waals surface area contributed by atoms with Crippen molar-refractivity contribution in [3.8, 4) is 12.3 Å². The van der Waals surface area contributed by atoms with Crippen LogP contribution in [0.4, 0.5) is 0 Å². The number of terminal acetylenes is 1. The normalized spacial score (nSPS) is 14.3. The van der Waals surface area contributed by atoms with Gasteiger partial charge in [-0.2, -0.15) is 0 Å². The molecule has 0 aromatic heterocycles. The molecule has 0 aliphatic rings. The maximum absolute atomic E-state index is 11.9. The molecule has 0 fully saturated rings. The number of nitrogens with two attached hydrogens (primary N) is 1. The summed E-state index contributed by atoms with van der Waals surface area (Å²) >= 11 is 0. The number of benzene rings is 2. The molecule has 2 N–H and O–H groups in total. The first-order valence-electron chi connectivity index (χ1n) is 8.01. The topological polar surface area (TPSA) is 52.3 Å². The summed E-state index contributed by atoms with van der Waals surface area (Å²) in [5.41, 5.74) is 9.75. The molecule has 2 aromatic carbocycles. The molecule has 0 radical (unpaired) electrons. The minimum atomic E-state index is -0.644. The van der Waals surface area contributed by atoms with Gasteiger partial charge >= 0.3 is 5.97 Å². The Balaban J connectivity index is 2.38. The molecule has 2 rings (SSSR count). The fourth-order valence-corrected chi connectivity index (χ4v) is 2.65. The zero-order valence-electron chi connectivity index (χ0n) is 14.3. The maximum Gasteiger partial charge on any atom is 0.322 e. The quantitative estimate of drug-likeness (QED) is 0.678. The number of hydrogen-bond donors (Lipinski definition) is 1. The van der Waals surface area contributed by atoms with Crippen LogP contribution >= 0.6 is 0 Å². The fourth-order valence-electron chi connectivity index (χ4n) is 2.65. The van der Waals surface area contributed by atoms with Crippen LogP contribution in [0.2, 0.25) is 0 Å². The SMILES string of the molecule is C#Cc1ccc(C(c2ccc(C)cc2)[C@H](C)OC(=O)[C@H](C)N)cc1. The Bertz CT molecular complexity index is 724. The summed E-state index contributed by atoms with van der Waals surface area (Å²) in [5.74, 6) is 2.13. The lowest BCUT2D eigenvalue weighted by Crippen LogP contribution is -2.33. The van der Waals surface area contributed by atoms with E-state index >= 15 is 0 Å². The molecule has 124 valence electrons. The van der Waals surface area contributed by atoms with Gasteiger partial charge in [-0.3, -0.25) is 4.79 Å². The van der Waals surface area contributed by atoms with E-state index in [1.165, 1.54) is 5.56 Å². The van der Waals surface area contributed by atoms with E-state index in [2.05, 4.69) is 30.2 Å². The van der Waals surface area contributed by atoms with Gasteiger partial charge in [0.2, 0.25) is 0 Å². The third kappa shape index (κ3) is 4.24. The van der Waals surface area contributed by atoms with Crippen molar-refractivity contribution in [2.24, 2.45) is 5.73 Å². The molecule has 0 saturated heterocycles. The van der Waals surface area contributed by atoms with Gasteiger partial charge in [-0.1, -0.05) is 47.9 Å². The molecule has 3 atom stereocenters. The van der Waals surface area contributed by atoms with Crippen LogP contribution in [-0.2, 0) is 9.53 Å². The first-order valence-corrected chi connectivity index (χ1v) is 8.01. The van der Waals surface area contributed by atoms with E-state index in [0.29, 0.717) is 0 Å². The summed E-state index contributed by atoms with van der Waals surface area (Å²) in [6, 6.07) is 15.3. The molecule has 0 heterocycles. The van der Waals surface area contributed by atoms with E-state index in [4.69, 9.17) is 16.9 Å². The van der Waals surface area contributed by atoms with Gasteiger partial charge in [0.1, 0.15) is 12.1 Å². The Morgan fingerprint density at radius 3 is 2.00 bits per heavy atom. The standard InChI is InChI=1S/C21H23NO2/c1-5-17-8-12-19(13-9-17)20(16(4)24-21(23)15(3)22)18-10-6-14(2)7-11-18/h1,6-13,15-16,20H,22H2,2-4H3/t15-,16-,20?/m0/s1. The Morgan fingerprint density at radius 1 is 1.04 bits per heavy atom. The van der Waals surface area contributed by atoms with Gasteiger partial charge in [0, 0.05) is 11.5 Å². The molecule has 0 aliphatic carbocycles. The highest BCUT2D eigenvalue weighted by molar-refractivity contribution is 5.75. The minimum Gasteiger partial charge on any atom is -0.461 e. The van der Waals surface area contributed by atoms with E-state index in [9.17, 15) is 4.79 Å². The number of esters is 1. The minimum absolute atomic E-state index is 0.0832. The summed E-state index contributed by atoms with van der Waals surface area (Å²) in [5, 5.41) is 0. The lowest BCUT2D eigenvalue weighted by atomic mass is 9.86. The molecule has 0 spiro atoms. The highest BCUT2D eigenvalue weighted by Crippen LogP contribution is 2.30. The predicted molar refractivity (Wildman–Crippen MR) is 96.6 cm³/mol. The lowest BCUT2D eigenvalue weighted by Gasteiger charge is -2.26. The van der Waals surface area contributed by atoms with Crippen LogP contribution in [0.25, 0.3) is 0 Å². The highest BCUT2D eigenvalue weighted by Gasteiger charge is 2.25. The average Bonchev–Trinajstić information content (AvgIpc) is 2.57. The number of hydrogen-bond acceptors (Lipinski definition) is 3. The molecule has 0 amide bonds.